The summed E-state index contributed by atoms with van der Waals surface area (Å²) >= 11 is 0. The molecule has 29 heavy (non-hydrogen) atoms. The number of nitrogens with zero attached hydrogens (tertiary/aromatic N) is 2. The standard InChI is InChI=1S/C22H27N3O3S/c1-24-13-5-7-18-15-17(11-12-20(18)24)16-23-22(26)21-10-6-14-25(21)29(27,28)19-8-3-2-4-9-19/h2-4,8-9,11-12,15,21H,5-7,10,13-14,16H2,1H3,(H,23,26). The van der Waals surface area contributed by atoms with E-state index in [0.29, 0.717) is 25.9 Å². The van der Waals surface area contributed by atoms with Gasteiger partial charge in [0.2, 0.25) is 15.9 Å². The first-order valence-corrected chi connectivity index (χ1v) is 11.6. The van der Waals surface area contributed by atoms with Gasteiger partial charge in [0.15, 0.2) is 0 Å². The van der Waals surface area contributed by atoms with E-state index in [4.69, 9.17) is 0 Å². The summed E-state index contributed by atoms with van der Waals surface area (Å²) in [4.78, 5) is 15.3. The number of fused-ring (bicyclic) bond motifs is 1. The normalized spacial score (nSPS) is 19.8. The minimum atomic E-state index is -3.67. The minimum Gasteiger partial charge on any atom is -0.374 e. The summed E-state index contributed by atoms with van der Waals surface area (Å²) < 4.78 is 27.3. The number of anilines is 1. The molecule has 2 aromatic carbocycles. The maximum Gasteiger partial charge on any atom is 0.243 e. The Morgan fingerprint density at radius 3 is 2.69 bits per heavy atom. The van der Waals surface area contributed by atoms with Crippen LogP contribution in [0.3, 0.4) is 0 Å². The lowest BCUT2D eigenvalue weighted by Gasteiger charge is -2.28. The van der Waals surface area contributed by atoms with Crippen LogP contribution in [0.4, 0.5) is 5.69 Å². The number of carbonyl (C=O) groups is 1. The summed E-state index contributed by atoms with van der Waals surface area (Å²) in [5, 5.41) is 2.95. The molecule has 1 N–H and O–H groups in total. The van der Waals surface area contributed by atoms with Gasteiger partial charge in [-0.3, -0.25) is 4.79 Å². The molecule has 1 fully saturated rings. The van der Waals surface area contributed by atoms with E-state index < -0.39 is 16.1 Å². The molecule has 0 spiro atoms. The van der Waals surface area contributed by atoms with Crippen molar-refractivity contribution in [3.8, 4) is 0 Å². The number of amides is 1. The second kappa shape index (κ2) is 8.16. The first-order chi connectivity index (χ1) is 14.0. The number of carbonyl (C=O) groups excluding carboxylic acids is 1. The Bertz CT molecular complexity index is 992. The summed E-state index contributed by atoms with van der Waals surface area (Å²) in [6.45, 7) is 1.85. The highest BCUT2D eigenvalue weighted by Crippen LogP contribution is 2.28. The van der Waals surface area contributed by atoms with Crippen LogP contribution in [0.15, 0.2) is 53.4 Å². The molecule has 2 aliphatic rings. The predicted molar refractivity (Wildman–Crippen MR) is 113 cm³/mol. The van der Waals surface area contributed by atoms with Gasteiger partial charge in [-0.25, -0.2) is 8.42 Å². The van der Waals surface area contributed by atoms with Gasteiger partial charge in [0, 0.05) is 32.4 Å². The van der Waals surface area contributed by atoms with Crippen molar-refractivity contribution < 1.29 is 13.2 Å². The highest BCUT2D eigenvalue weighted by Gasteiger charge is 2.39. The first kappa shape index (κ1) is 19.9. The van der Waals surface area contributed by atoms with Crippen molar-refractivity contribution in [2.45, 2.75) is 43.2 Å². The monoisotopic (exact) mass is 413 g/mol. The largest absolute Gasteiger partial charge is 0.374 e. The molecule has 1 atom stereocenters. The fourth-order valence-corrected chi connectivity index (χ4v) is 5.95. The van der Waals surface area contributed by atoms with Crippen LogP contribution in [0.5, 0.6) is 0 Å². The minimum absolute atomic E-state index is 0.225. The number of aryl methyl sites for hydroxylation is 1. The van der Waals surface area contributed by atoms with Crippen molar-refractivity contribution in [1.82, 2.24) is 9.62 Å². The molecule has 2 aromatic rings. The second-order valence-corrected chi connectivity index (χ2v) is 9.68. The summed E-state index contributed by atoms with van der Waals surface area (Å²) in [5.41, 5.74) is 3.60. The molecule has 0 aromatic heterocycles. The Labute approximate surface area is 172 Å². The van der Waals surface area contributed by atoms with E-state index in [-0.39, 0.29) is 10.8 Å². The number of sulfonamides is 1. The lowest BCUT2D eigenvalue weighted by Crippen LogP contribution is -2.45. The third kappa shape index (κ3) is 4.02. The molecule has 4 rings (SSSR count). The lowest BCUT2D eigenvalue weighted by atomic mass is 9.99. The quantitative estimate of drug-likeness (QED) is 0.818. The van der Waals surface area contributed by atoms with Crippen LogP contribution in [0.25, 0.3) is 0 Å². The number of benzene rings is 2. The SMILES string of the molecule is CN1CCCc2cc(CNC(=O)C3CCCN3S(=O)(=O)c3ccccc3)ccc21. The second-order valence-electron chi connectivity index (χ2n) is 7.79. The fourth-order valence-electron chi connectivity index (χ4n) is 4.27. The molecule has 7 heteroatoms. The number of nitrogens with one attached hydrogen (secondary N) is 1. The van der Waals surface area contributed by atoms with Crippen LogP contribution < -0.4 is 10.2 Å². The van der Waals surface area contributed by atoms with E-state index in [2.05, 4.69) is 29.4 Å². The molecule has 1 unspecified atom stereocenters. The molecular weight excluding hydrogens is 386 g/mol. The molecule has 0 bridgehead atoms. The molecule has 2 heterocycles. The number of hydrogen-bond donors (Lipinski definition) is 1. The maximum atomic E-state index is 13.0. The van der Waals surface area contributed by atoms with Crippen LogP contribution in [-0.4, -0.2) is 44.8 Å². The van der Waals surface area contributed by atoms with Crippen molar-refractivity contribution >= 4 is 21.6 Å². The van der Waals surface area contributed by atoms with E-state index in [0.717, 1.165) is 24.9 Å². The van der Waals surface area contributed by atoms with E-state index in [1.54, 1.807) is 30.3 Å². The first-order valence-electron chi connectivity index (χ1n) is 10.1. The highest BCUT2D eigenvalue weighted by atomic mass is 32.2. The third-order valence-corrected chi connectivity index (χ3v) is 7.74. The molecule has 0 radical (unpaired) electrons. The van der Waals surface area contributed by atoms with Gasteiger partial charge in [0.25, 0.3) is 0 Å². The van der Waals surface area contributed by atoms with Crippen LogP contribution in [0.1, 0.15) is 30.4 Å². The maximum absolute atomic E-state index is 13.0. The average molecular weight is 414 g/mol. The van der Waals surface area contributed by atoms with E-state index >= 15 is 0 Å². The van der Waals surface area contributed by atoms with Crippen molar-refractivity contribution in [2.24, 2.45) is 0 Å². The Morgan fingerprint density at radius 1 is 1.10 bits per heavy atom. The van der Waals surface area contributed by atoms with Gasteiger partial charge in [-0.1, -0.05) is 30.3 Å². The fraction of sp³-hybridized carbons (Fsp3) is 0.409. The zero-order valence-electron chi connectivity index (χ0n) is 16.7. The highest BCUT2D eigenvalue weighted by molar-refractivity contribution is 7.89. The molecule has 0 saturated carbocycles. The summed E-state index contributed by atoms with van der Waals surface area (Å²) in [7, 11) is -1.57. The van der Waals surface area contributed by atoms with Gasteiger partial charge in [0.1, 0.15) is 6.04 Å². The molecule has 2 aliphatic heterocycles. The lowest BCUT2D eigenvalue weighted by molar-refractivity contribution is -0.124. The van der Waals surface area contributed by atoms with E-state index in [1.165, 1.54) is 15.6 Å². The van der Waals surface area contributed by atoms with Gasteiger partial charge >= 0.3 is 0 Å². The molecule has 154 valence electrons. The van der Waals surface area contributed by atoms with Gasteiger partial charge in [-0.05, 0) is 55.0 Å². The predicted octanol–water partition coefficient (Wildman–Crippen LogP) is 2.54. The Morgan fingerprint density at radius 2 is 1.90 bits per heavy atom. The Balaban J connectivity index is 1.44. The molecule has 6 nitrogen and oxygen atoms in total. The van der Waals surface area contributed by atoms with E-state index in [1.807, 2.05) is 6.07 Å². The van der Waals surface area contributed by atoms with Gasteiger partial charge in [-0.15, -0.1) is 0 Å². The van der Waals surface area contributed by atoms with Gasteiger partial charge < -0.3 is 10.2 Å². The van der Waals surface area contributed by atoms with Gasteiger partial charge in [-0.2, -0.15) is 4.31 Å². The number of hydrogen-bond acceptors (Lipinski definition) is 4. The third-order valence-electron chi connectivity index (χ3n) is 5.82. The Kier molecular flexibility index (Phi) is 5.61. The van der Waals surface area contributed by atoms with E-state index in [9.17, 15) is 13.2 Å². The smallest absolute Gasteiger partial charge is 0.243 e. The molecule has 1 amide bonds. The summed E-state index contributed by atoms with van der Waals surface area (Å²) in [6, 6.07) is 14.0. The van der Waals surface area contributed by atoms with Crippen molar-refractivity contribution in [3.63, 3.8) is 0 Å². The Hall–Kier alpha value is -2.38. The zero-order chi connectivity index (χ0) is 20.4. The van der Waals surface area contributed by atoms with Crippen LogP contribution in [0.2, 0.25) is 0 Å². The van der Waals surface area contributed by atoms with Crippen molar-refractivity contribution in [1.29, 1.82) is 0 Å². The van der Waals surface area contributed by atoms with Crippen LogP contribution >= 0.6 is 0 Å². The summed E-state index contributed by atoms with van der Waals surface area (Å²) in [5.74, 6) is -0.225. The topological polar surface area (TPSA) is 69.7 Å². The average Bonchev–Trinajstić information content (AvgIpc) is 3.24. The summed E-state index contributed by atoms with van der Waals surface area (Å²) in [6.07, 6.45) is 3.42. The van der Waals surface area contributed by atoms with Gasteiger partial charge in [0.05, 0.1) is 4.90 Å². The molecule has 0 aliphatic carbocycles. The van der Waals surface area contributed by atoms with Crippen LogP contribution in [0, 0.1) is 0 Å². The molecule has 1 saturated heterocycles. The van der Waals surface area contributed by atoms with Crippen LogP contribution in [-0.2, 0) is 27.8 Å². The molecular formula is C22H27N3O3S. The number of rotatable bonds is 5. The van der Waals surface area contributed by atoms with Crippen molar-refractivity contribution in [3.05, 3.63) is 59.7 Å². The zero-order valence-corrected chi connectivity index (χ0v) is 17.5. The van der Waals surface area contributed by atoms with Crippen molar-refractivity contribution in [2.75, 3.05) is 25.0 Å².